The highest BCUT2D eigenvalue weighted by atomic mass is 35.5. The molecule has 2 aromatic heterocycles. The highest BCUT2D eigenvalue weighted by Crippen LogP contribution is 2.23. The number of hydrogen-bond donors (Lipinski definition) is 0. The van der Waals surface area contributed by atoms with Crippen LogP contribution in [0.3, 0.4) is 0 Å². The third kappa shape index (κ3) is 2.52. The Bertz CT molecular complexity index is 449. The quantitative estimate of drug-likeness (QED) is 0.765. The first-order valence-electron chi connectivity index (χ1n) is 4.83. The predicted octanol–water partition coefficient (Wildman–Crippen LogP) is 4.07. The SMILES string of the molecule is Cc1cc(Cl)cc(-c2cc(Cl)cc(C)n2)n1. The second-order valence-electron chi connectivity index (χ2n) is 3.62. The highest BCUT2D eigenvalue weighted by Gasteiger charge is 2.05. The van der Waals surface area contributed by atoms with Crippen molar-refractivity contribution in [3.05, 3.63) is 45.7 Å². The van der Waals surface area contributed by atoms with Crippen LogP contribution in [0.4, 0.5) is 0 Å². The van der Waals surface area contributed by atoms with Crippen LogP contribution in [0.25, 0.3) is 11.4 Å². The third-order valence-electron chi connectivity index (χ3n) is 2.10. The van der Waals surface area contributed by atoms with E-state index in [1.165, 1.54) is 0 Å². The summed E-state index contributed by atoms with van der Waals surface area (Å²) in [5.74, 6) is 0. The van der Waals surface area contributed by atoms with Gasteiger partial charge in [0.15, 0.2) is 0 Å². The van der Waals surface area contributed by atoms with Crippen molar-refractivity contribution in [3.8, 4) is 11.4 Å². The van der Waals surface area contributed by atoms with Gasteiger partial charge in [0.25, 0.3) is 0 Å². The van der Waals surface area contributed by atoms with E-state index in [4.69, 9.17) is 23.2 Å². The summed E-state index contributed by atoms with van der Waals surface area (Å²) < 4.78 is 0. The molecular weight excluding hydrogens is 243 g/mol. The topological polar surface area (TPSA) is 25.8 Å². The van der Waals surface area contributed by atoms with E-state index in [-0.39, 0.29) is 0 Å². The zero-order valence-electron chi connectivity index (χ0n) is 8.96. The highest BCUT2D eigenvalue weighted by molar-refractivity contribution is 6.31. The Balaban J connectivity index is 2.57. The Morgan fingerprint density at radius 3 is 1.44 bits per heavy atom. The van der Waals surface area contributed by atoms with Gasteiger partial charge in [0.2, 0.25) is 0 Å². The molecule has 16 heavy (non-hydrogen) atoms. The van der Waals surface area contributed by atoms with Crippen LogP contribution in [-0.4, -0.2) is 9.97 Å². The first-order valence-corrected chi connectivity index (χ1v) is 5.59. The zero-order chi connectivity index (χ0) is 11.7. The van der Waals surface area contributed by atoms with Gasteiger partial charge in [-0.25, -0.2) is 0 Å². The lowest BCUT2D eigenvalue weighted by Gasteiger charge is -2.04. The van der Waals surface area contributed by atoms with Crippen LogP contribution < -0.4 is 0 Å². The van der Waals surface area contributed by atoms with Gasteiger partial charge in [-0.2, -0.15) is 0 Å². The van der Waals surface area contributed by atoms with Crippen molar-refractivity contribution < 1.29 is 0 Å². The smallest absolute Gasteiger partial charge is 0.0904 e. The van der Waals surface area contributed by atoms with Crippen molar-refractivity contribution in [1.82, 2.24) is 9.97 Å². The van der Waals surface area contributed by atoms with E-state index in [2.05, 4.69) is 9.97 Å². The summed E-state index contributed by atoms with van der Waals surface area (Å²) >= 11 is 12.0. The summed E-state index contributed by atoms with van der Waals surface area (Å²) in [4.78, 5) is 8.76. The lowest BCUT2D eigenvalue weighted by atomic mass is 10.2. The van der Waals surface area contributed by atoms with Gasteiger partial charge >= 0.3 is 0 Å². The normalized spacial score (nSPS) is 10.5. The van der Waals surface area contributed by atoms with Gasteiger partial charge in [0, 0.05) is 21.4 Å². The van der Waals surface area contributed by atoms with Gasteiger partial charge < -0.3 is 0 Å². The average molecular weight is 253 g/mol. The van der Waals surface area contributed by atoms with Crippen molar-refractivity contribution in [2.24, 2.45) is 0 Å². The molecule has 2 aromatic rings. The fourth-order valence-corrected chi connectivity index (χ4v) is 2.04. The van der Waals surface area contributed by atoms with Crippen molar-refractivity contribution in [1.29, 1.82) is 0 Å². The molecule has 4 heteroatoms. The minimum Gasteiger partial charge on any atom is -0.251 e. The Hall–Kier alpha value is -1.12. The van der Waals surface area contributed by atoms with Crippen molar-refractivity contribution in [2.75, 3.05) is 0 Å². The van der Waals surface area contributed by atoms with E-state index < -0.39 is 0 Å². The molecule has 0 atom stereocenters. The Morgan fingerprint density at radius 2 is 1.12 bits per heavy atom. The molecule has 0 aliphatic rings. The molecule has 0 fully saturated rings. The summed E-state index contributed by atoms with van der Waals surface area (Å²) in [5.41, 5.74) is 3.22. The predicted molar refractivity (Wildman–Crippen MR) is 67.0 cm³/mol. The molecule has 0 bridgehead atoms. The van der Waals surface area contributed by atoms with Gasteiger partial charge in [-0.15, -0.1) is 0 Å². The summed E-state index contributed by atoms with van der Waals surface area (Å²) in [7, 11) is 0. The Morgan fingerprint density at radius 1 is 0.750 bits per heavy atom. The van der Waals surface area contributed by atoms with Crippen LogP contribution in [0.5, 0.6) is 0 Å². The molecule has 0 aliphatic heterocycles. The van der Waals surface area contributed by atoms with E-state index in [1.807, 2.05) is 26.0 Å². The Kier molecular flexibility index (Phi) is 3.13. The van der Waals surface area contributed by atoms with Gasteiger partial charge in [-0.1, -0.05) is 23.2 Å². The molecule has 2 nitrogen and oxygen atoms in total. The average Bonchev–Trinajstić information content (AvgIpc) is 2.14. The number of aromatic nitrogens is 2. The number of pyridine rings is 2. The third-order valence-corrected chi connectivity index (χ3v) is 2.54. The molecule has 0 N–H and O–H groups in total. The van der Waals surface area contributed by atoms with E-state index in [1.54, 1.807) is 12.1 Å². The van der Waals surface area contributed by atoms with Crippen LogP contribution in [0, 0.1) is 13.8 Å². The number of halogens is 2. The minimum absolute atomic E-state index is 0.655. The largest absolute Gasteiger partial charge is 0.251 e. The maximum absolute atomic E-state index is 5.98. The van der Waals surface area contributed by atoms with E-state index in [0.717, 1.165) is 22.8 Å². The van der Waals surface area contributed by atoms with E-state index in [0.29, 0.717) is 10.0 Å². The number of hydrogen-bond acceptors (Lipinski definition) is 2. The van der Waals surface area contributed by atoms with Gasteiger partial charge in [0.05, 0.1) is 11.4 Å². The molecule has 0 saturated carbocycles. The van der Waals surface area contributed by atoms with Crippen LogP contribution in [0.2, 0.25) is 10.0 Å². The van der Waals surface area contributed by atoms with Crippen LogP contribution in [0.1, 0.15) is 11.4 Å². The zero-order valence-corrected chi connectivity index (χ0v) is 10.5. The number of rotatable bonds is 1. The second-order valence-corrected chi connectivity index (χ2v) is 4.50. The van der Waals surface area contributed by atoms with Crippen molar-refractivity contribution in [2.45, 2.75) is 13.8 Å². The fraction of sp³-hybridized carbons (Fsp3) is 0.167. The molecule has 82 valence electrons. The lowest BCUT2D eigenvalue weighted by molar-refractivity contribution is 1.15. The maximum atomic E-state index is 5.98. The fourth-order valence-electron chi connectivity index (χ4n) is 1.52. The van der Waals surface area contributed by atoms with E-state index in [9.17, 15) is 0 Å². The molecule has 0 aliphatic carbocycles. The minimum atomic E-state index is 0.655. The second kappa shape index (κ2) is 4.40. The first-order chi connectivity index (χ1) is 7.54. The summed E-state index contributed by atoms with van der Waals surface area (Å²) in [6, 6.07) is 7.18. The summed E-state index contributed by atoms with van der Waals surface area (Å²) in [6.45, 7) is 3.79. The lowest BCUT2D eigenvalue weighted by Crippen LogP contribution is -1.92. The molecular formula is C12H10Cl2N2. The molecule has 2 heterocycles. The molecule has 0 amide bonds. The molecule has 0 aromatic carbocycles. The molecule has 0 saturated heterocycles. The van der Waals surface area contributed by atoms with Gasteiger partial charge in [-0.05, 0) is 38.1 Å². The van der Waals surface area contributed by atoms with Crippen LogP contribution in [-0.2, 0) is 0 Å². The van der Waals surface area contributed by atoms with Gasteiger partial charge in [-0.3, -0.25) is 9.97 Å². The Labute approximate surface area is 104 Å². The standard InChI is InChI=1S/C12H10Cl2N2/c1-7-3-9(13)5-11(15-7)12-6-10(14)4-8(2)16-12/h3-6H,1-2H3. The monoisotopic (exact) mass is 252 g/mol. The number of nitrogens with zero attached hydrogens (tertiary/aromatic N) is 2. The van der Waals surface area contributed by atoms with Crippen molar-refractivity contribution >= 4 is 23.2 Å². The van der Waals surface area contributed by atoms with Crippen LogP contribution in [0.15, 0.2) is 24.3 Å². The molecule has 0 unspecified atom stereocenters. The molecule has 0 radical (unpaired) electrons. The molecule has 0 spiro atoms. The first kappa shape index (κ1) is 11.4. The maximum Gasteiger partial charge on any atom is 0.0904 e. The van der Waals surface area contributed by atoms with Gasteiger partial charge in [0.1, 0.15) is 0 Å². The summed E-state index contributed by atoms with van der Waals surface area (Å²) in [5, 5.41) is 1.31. The summed E-state index contributed by atoms with van der Waals surface area (Å²) in [6.07, 6.45) is 0. The van der Waals surface area contributed by atoms with Crippen molar-refractivity contribution in [3.63, 3.8) is 0 Å². The van der Waals surface area contributed by atoms with Crippen LogP contribution >= 0.6 is 23.2 Å². The van der Waals surface area contributed by atoms with E-state index >= 15 is 0 Å². The molecule has 2 rings (SSSR count). The number of aryl methyl sites for hydroxylation is 2.